The minimum absolute atomic E-state index is 0.112. The summed E-state index contributed by atoms with van der Waals surface area (Å²) < 4.78 is 50.7. The van der Waals surface area contributed by atoms with Crippen LogP contribution in [-0.2, 0) is 11.2 Å². The van der Waals surface area contributed by atoms with Gasteiger partial charge >= 0.3 is 6.18 Å². The molecular weight excluding hydrogens is 390 g/mol. The average molecular weight is 417 g/mol. The van der Waals surface area contributed by atoms with Gasteiger partial charge in [0.1, 0.15) is 5.82 Å². The summed E-state index contributed by atoms with van der Waals surface area (Å²) in [5.41, 5.74) is 6.24. The first-order valence-electron chi connectivity index (χ1n) is 9.54. The minimum atomic E-state index is -4.22. The van der Waals surface area contributed by atoms with Gasteiger partial charge in [-0.15, -0.1) is 0 Å². The fraction of sp³-hybridized carbons (Fsp3) is 0.579. The Morgan fingerprint density at radius 2 is 2.03 bits per heavy atom. The Bertz CT molecular complexity index is 693. The van der Waals surface area contributed by atoms with Crippen molar-refractivity contribution >= 4 is 11.9 Å². The largest absolute Gasteiger partial charge is 0.401 e. The van der Waals surface area contributed by atoms with Gasteiger partial charge in [-0.1, -0.05) is 12.1 Å². The first-order valence-corrected chi connectivity index (χ1v) is 9.54. The summed E-state index contributed by atoms with van der Waals surface area (Å²) in [5, 5.41) is 6.16. The molecule has 1 aromatic carbocycles. The summed E-state index contributed by atoms with van der Waals surface area (Å²) in [6.07, 6.45) is -3.33. The fourth-order valence-electron chi connectivity index (χ4n) is 3.22. The molecule has 1 aromatic rings. The van der Waals surface area contributed by atoms with E-state index in [0.717, 1.165) is 5.56 Å². The number of nitrogens with one attached hydrogen (secondary N) is 2. The standard InChI is InChI=1S/C19H27F4N5O/c1-2-25-18(27-16-7-8-28(11-16)12-19(21,22)23)26-10-14(17(24)29)9-13-3-5-15(20)6-4-13/h3-6,14,16H,2,7-12H2,1H3,(H2,24,29)(H2,25,26,27). The van der Waals surface area contributed by atoms with E-state index in [9.17, 15) is 22.4 Å². The highest BCUT2D eigenvalue weighted by Crippen LogP contribution is 2.20. The van der Waals surface area contributed by atoms with Crippen LogP contribution in [-0.4, -0.2) is 61.7 Å². The van der Waals surface area contributed by atoms with Crippen LogP contribution in [0.1, 0.15) is 18.9 Å². The molecule has 6 nitrogen and oxygen atoms in total. The first kappa shape index (κ1) is 22.9. The second-order valence-electron chi connectivity index (χ2n) is 7.13. The molecule has 10 heteroatoms. The van der Waals surface area contributed by atoms with Gasteiger partial charge in [-0.25, -0.2) is 4.39 Å². The van der Waals surface area contributed by atoms with Crippen molar-refractivity contribution in [3.8, 4) is 0 Å². The third-order valence-electron chi connectivity index (χ3n) is 4.63. The van der Waals surface area contributed by atoms with Crippen LogP contribution in [0.3, 0.4) is 0 Å². The molecule has 4 N–H and O–H groups in total. The van der Waals surface area contributed by atoms with E-state index in [1.165, 1.54) is 17.0 Å². The molecule has 1 aliphatic heterocycles. The van der Waals surface area contributed by atoms with E-state index in [4.69, 9.17) is 5.73 Å². The molecule has 2 unspecified atom stereocenters. The number of alkyl halides is 3. The maximum atomic E-state index is 13.0. The number of carbonyl (C=O) groups excluding carboxylic acids is 1. The molecule has 0 saturated carbocycles. The molecule has 0 aromatic heterocycles. The van der Waals surface area contributed by atoms with Crippen molar-refractivity contribution in [1.29, 1.82) is 0 Å². The monoisotopic (exact) mass is 417 g/mol. The normalized spacial score (nSPS) is 19.2. The summed E-state index contributed by atoms with van der Waals surface area (Å²) >= 11 is 0. The molecule has 0 bridgehead atoms. The second-order valence-corrected chi connectivity index (χ2v) is 7.13. The minimum Gasteiger partial charge on any atom is -0.369 e. The summed E-state index contributed by atoms with van der Waals surface area (Å²) in [6, 6.07) is 5.64. The average Bonchev–Trinajstić information content (AvgIpc) is 3.04. The fourth-order valence-corrected chi connectivity index (χ4v) is 3.22. The lowest BCUT2D eigenvalue weighted by Crippen LogP contribution is -2.45. The third kappa shape index (κ3) is 8.26. The van der Waals surface area contributed by atoms with Crippen molar-refractivity contribution in [2.45, 2.75) is 32.0 Å². The summed E-state index contributed by atoms with van der Waals surface area (Å²) in [6.45, 7) is 2.22. The van der Waals surface area contributed by atoms with Crippen LogP contribution in [0.5, 0.6) is 0 Å². The van der Waals surface area contributed by atoms with E-state index >= 15 is 0 Å². The van der Waals surface area contributed by atoms with Gasteiger partial charge in [-0.3, -0.25) is 14.7 Å². The number of carbonyl (C=O) groups is 1. The number of rotatable bonds is 8. The van der Waals surface area contributed by atoms with Crippen molar-refractivity contribution in [2.75, 3.05) is 32.7 Å². The van der Waals surface area contributed by atoms with Crippen LogP contribution < -0.4 is 16.4 Å². The van der Waals surface area contributed by atoms with E-state index in [0.29, 0.717) is 31.9 Å². The Labute approximate surface area is 167 Å². The third-order valence-corrected chi connectivity index (χ3v) is 4.63. The van der Waals surface area contributed by atoms with Gasteiger partial charge in [0.05, 0.1) is 19.0 Å². The van der Waals surface area contributed by atoms with Crippen LogP contribution in [0.4, 0.5) is 17.6 Å². The van der Waals surface area contributed by atoms with Crippen LogP contribution in [0.25, 0.3) is 0 Å². The van der Waals surface area contributed by atoms with Crippen LogP contribution in [0, 0.1) is 11.7 Å². The highest BCUT2D eigenvalue weighted by molar-refractivity contribution is 5.81. The van der Waals surface area contributed by atoms with Crippen molar-refractivity contribution in [2.24, 2.45) is 16.6 Å². The van der Waals surface area contributed by atoms with Crippen molar-refractivity contribution < 1.29 is 22.4 Å². The molecule has 2 atom stereocenters. The van der Waals surface area contributed by atoms with Gasteiger partial charge < -0.3 is 16.4 Å². The predicted octanol–water partition coefficient (Wildman–Crippen LogP) is 1.66. The van der Waals surface area contributed by atoms with E-state index in [1.54, 1.807) is 12.1 Å². The van der Waals surface area contributed by atoms with Gasteiger partial charge in [0.2, 0.25) is 5.91 Å². The van der Waals surface area contributed by atoms with Crippen molar-refractivity contribution in [3.63, 3.8) is 0 Å². The quantitative estimate of drug-likeness (QED) is 0.341. The Kier molecular flexibility index (Phi) is 8.24. The topological polar surface area (TPSA) is 82.7 Å². The van der Waals surface area contributed by atoms with E-state index in [2.05, 4.69) is 15.6 Å². The second kappa shape index (κ2) is 10.4. The lowest BCUT2D eigenvalue weighted by atomic mass is 9.99. The predicted molar refractivity (Wildman–Crippen MR) is 103 cm³/mol. The number of nitrogens with zero attached hydrogens (tertiary/aromatic N) is 2. The van der Waals surface area contributed by atoms with E-state index < -0.39 is 24.5 Å². The highest BCUT2D eigenvalue weighted by atomic mass is 19.4. The number of primary amides is 1. The number of nitrogens with two attached hydrogens (primary N) is 1. The van der Waals surface area contributed by atoms with Crippen LogP contribution in [0.15, 0.2) is 29.3 Å². The molecule has 162 valence electrons. The van der Waals surface area contributed by atoms with Crippen molar-refractivity contribution in [3.05, 3.63) is 35.6 Å². The smallest absolute Gasteiger partial charge is 0.369 e. The summed E-state index contributed by atoms with van der Waals surface area (Å²) in [5.74, 6) is -1.04. The number of hydrogen-bond donors (Lipinski definition) is 3. The van der Waals surface area contributed by atoms with Gasteiger partial charge in [0.25, 0.3) is 0 Å². The molecule has 0 spiro atoms. The molecule has 1 heterocycles. The molecule has 1 aliphatic rings. The number of amides is 1. The number of benzene rings is 1. The molecule has 0 aliphatic carbocycles. The molecule has 1 fully saturated rings. The Hall–Kier alpha value is -2.36. The SMILES string of the molecule is CCNC(=NCC(Cc1ccc(F)cc1)C(N)=O)NC1CCN(CC(F)(F)F)C1. The summed E-state index contributed by atoms with van der Waals surface area (Å²) in [4.78, 5) is 17.5. The molecule has 29 heavy (non-hydrogen) atoms. The number of likely N-dealkylation sites (tertiary alicyclic amines) is 1. The number of halogens is 4. The number of guanidine groups is 1. The van der Waals surface area contributed by atoms with E-state index in [1.807, 2.05) is 6.92 Å². The van der Waals surface area contributed by atoms with Gasteiger partial charge in [0.15, 0.2) is 5.96 Å². The van der Waals surface area contributed by atoms with Crippen LogP contribution in [0.2, 0.25) is 0 Å². The van der Waals surface area contributed by atoms with Crippen LogP contribution >= 0.6 is 0 Å². The van der Waals surface area contributed by atoms with Gasteiger partial charge in [-0.05, 0) is 37.5 Å². The molecule has 2 rings (SSSR count). The maximum Gasteiger partial charge on any atom is 0.401 e. The Morgan fingerprint density at radius 3 is 2.62 bits per heavy atom. The van der Waals surface area contributed by atoms with Gasteiger partial charge in [-0.2, -0.15) is 13.2 Å². The number of hydrogen-bond acceptors (Lipinski definition) is 3. The zero-order chi connectivity index (χ0) is 21.4. The molecule has 1 saturated heterocycles. The first-order chi connectivity index (χ1) is 13.7. The lowest BCUT2D eigenvalue weighted by Gasteiger charge is -2.20. The lowest BCUT2D eigenvalue weighted by molar-refractivity contribution is -0.143. The Balaban J connectivity index is 1.95. The highest BCUT2D eigenvalue weighted by Gasteiger charge is 2.34. The Morgan fingerprint density at radius 1 is 1.34 bits per heavy atom. The van der Waals surface area contributed by atoms with E-state index in [-0.39, 0.29) is 24.9 Å². The zero-order valence-electron chi connectivity index (χ0n) is 16.3. The summed E-state index contributed by atoms with van der Waals surface area (Å²) in [7, 11) is 0. The van der Waals surface area contributed by atoms with Crippen molar-refractivity contribution in [1.82, 2.24) is 15.5 Å². The van der Waals surface area contributed by atoms with Gasteiger partial charge in [0, 0.05) is 25.7 Å². The molecule has 1 amide bonds. The molecular formula is C19H27F4N5O. The molecule has 0 radical (unpaired) electrons. The zero-order valence-corrected chi connectivity index (χ0v) is 16.3. The number of aliphatic imine (C=N–C) groups is 1. The maximum absolute atomic E-state index is 13.0.